The maximum absolute atomic E-state index is 5.92. The molecule has 1 saturated carbocycles. The second kappa shape index (κ2) is 7.36. The van der Waals surface area contributed by atoms with Gasteiger partial charge in [0.2, 0.25) is 0 Å². The third-order valence-corrected chi connectivity index (χ3v) is 6.15. The summed E-state index contributed by atoms with van der Waals surface area (Å²) in [5, 5.41) is 7.34. The lowest BCUT2D eigenvalue weighted by atomic mass is 9.57. The van der Waals surface area contributed by atoms with Crippen molar-refractivity contribution in [2.45, 2.75) is 65.1 Å². The van der Waals surface area contributed by atoms with E-state index in [1.54, 1.807) is 0 Å². The van der Waals surface area contributed by atoms with E-state index in [1.807, 2.05) is 0 Å². The van der Waals surface area contributed by atoms with Crippen LogP contribution in [0.4, 0.5) is 0 Å². The summed E-state index contributed by atoms with van der Waals surface area (Å²) in [5.74, 6) is 1.96. The minimum Gasteiger partial charge on any atom is -0.377 e. The molecule has 1 saturated heterocycles. The van der Waals surface area contributed by atoms with E-state index in [-0.39, 0.29) is 5.41 Å². The maximum Gasteiger partial charge on any atom is 0.191 e. The van der Waals surface area contributed by atoms with E-state index in [0.717, 1.165) is 25.5 Å². The van der Waals surface area contributed by atoms with Gasteiger partial charge in [-0.2, -0.15) is 0 Å². The van der Waals surface area contributed by atoms with Gasteiger partial charge in [0.05, 0.1) is 6.10 Å². The number of ether oxygens (including phenoxy) is 1. The van der Waals surface area contributed by atoms with Gasteiger partial charge in [0.15, 0.2) is 5.96 Å². The Hall–Kier alpha value is -1.55. The van der Waals surface area contributed by atoms with E-state index in [2.05, 4.69) is 75.6 Å². The molecule has 5 unspecified atom stereocenters. The molecule has 1 aromatic carbocycles. The highest BCUT2D eigenvalue weighted by molar-refractivity contribution is 5.80. The molecule has 4 nitrogen and oxygen atoms in total. The first-order valence-corrected chi connectivity index (χ1v) is 9.69. The number of fused-ring (bicyclic) bond motifs is 1. The smallest absolute Gasteiger partial charge is 0.191 e. The van der Waals surface area contributed by atoms with E-state index in [0.29, 0.717) is 30.0 Å². The topological polar surface area (TPSA) is 45.7 Å². The Morgan fingerprint density at radius 1 is 1.28 bits per heavy atom. The van der Waals surface area contributed by atoms with Crippen molar-refractivity contribution in [1.82, 2.24) is 10.6 Å². The lowest BCUT2D eigenvalue weighted by Crippen LogP contribution is -2.68. The number of rotatable bonds is 5. The standard InChI is InChI=1S/C21H33N3O/c1-6-22-20(23-15(3)14(2)16-10-8-7-9-11-16)24-18-17-12-13-25-19(17)21(18,4)5/h7-11,14-15,17-19H,6,12-13H2,1-5H3,(H2,22,23,24). The van der Waals surface area contributed by atoms with Crippen molar-refractivity contribution in [3.63, 3.8) is 0 Å². The van der Waals surface area contributed by atoms with Crippen LogP contribution in [0.5, 0.6) is 0 Å². The van der Waals surface area contributed by atoms with Crippen molar-refractivity contribution >= 4 is 5.96 Å². The van der Waals surface area contributed by atoms with Crippen molar-refractivity contribution < 1.29 is 4.74 Å². The van der Waals surface area contributed by atoms with Crippen molar-refractivity contribution in [3.8, 4) is 0 Å². The summed E-state index contributed by atoms with van der Waals surface area (Å²) in [6, 6.07) is 11.4. The first kappa shape index (κ1) is 18.2. The number of aliphatic imine (C=N–C) groups is 1. The minimum atomic E-state index is 0.158. The van der Waals surface area contributed by atoms with Crippen LogP contribution in [-0.4, -0.2) is 37.3 Å². The number of nitrogens with one attached hydrogen (secondary N) is 2. The van der Waals surface area contributed by atoms with Gasteiger partial charge in [-0.25, -0.2) is 0 Å². The van der Waals surface area contributed by atoms with Crippen LogP contribution in [0, 0.1) is 11.3 Å². The third kappa shape index (κ3) is 3.55. The van der Waals surface area contributed by atoms with E-state index >= 15 is 0 Å². The quantitative estimate of drug-likeness (QED) is 0.635. The highest BCUT2D eigenvalue weighted by Gasteiger charge is 2.59. The second-order valence-corrected chi connectivity index (χ2v) is 8.14. The number of guanidine groups is 1. The second-order valence-electron chi connectivity index (χ2n) is 8.14. The zero-order valence-electron chi connectivity index (χ0n) is 16.3. The molecule has 0 radical (unpaired) electrons. The number of hydrogen-bond acceptors (Lipinski definition) is 2. The maximum atomic E-state index is 5.92. The predicted octanol–water partition coefficient (Wildman–Crippen LogP) is 3.55. The van der Waals surface area contributed by atoms with Gasteiger partial charge in [0.25, 0.3) is 0 Å². The molecule has 25 heavy (non-hydrogen) atoms. The number of benzene rings is 1. The molecule has 2 aliphatic rings. The van der Waals surface area contributed by atoms with Gasteiger partial charge in [-0.1, -0.05) is 51.1 Å². The highest BCUT2D eigenvalue weighted by Crippen LogP contribution is 2.52. The van der Waals surface area contributed by atoms with Crippen molar-refractivity contribution in [2.75, 3.05) is 13.2 Å². The fourth-order valence-corrected chi connectivity index (χ4v) is 4.44. The van der Waals surface area contributed by atoms with Crippen LogP contribution in [0.25, 0.3) is 0 Å². The number of hydrogen-bond donors (Lipinski definition) is 2. The molecule has 138 valence electrons. The van der Waals surface area contributed by atoms with Crippen LogP contribution in [0.3, 0.4) is 0 Å². The molecule has 1 aliphatic carbocycles. The molecular weight excluding hydrogens is 310 g/mol. The van der Waals surface area contributed by atoms with Crippen molar-refractivity contribution in [2.24, 2.45) is 16.3 Å². The van der Waals surface area contributed by atoms with Crippen LogP contribution in [0.2, 0.25) is 0 Å². The lowest BCUT2D eigenvalue weighted by molar-refractivity contribution is -0.106. The molecule has 5 atom stereocenters. The molecule has 0 amide bonds. The molecule has 3 rings (SSSR count). The summed E-state index contributed by atoms with van der Waals surface area (Å²) in [5.41, 5.74) is 1.51. The lowest BCUT2D eigenvalue weighted by Gasteiger charge is -2.55. The largest absolute Gasteiger partial charge is 0.377 e. The van der Waals surface area contributed by atoms with E-state index in [9.17, 15) is 0 Å². The Kier molecular flexibility index (Phi) is 5.38. The molecule has 2 N–H and O–H groups in total. The van der Waals surface area contributed by atoms with Crippen molar-refractivity contribution in [1.29, 1.82) is 0 Å². The van der Waals surface area contributed by atoms with Gasteiger partial charge in [-0.3, -0.25) is 4.99 Å². The first-order chi connectivity index (χ1) is 11.9. The van der Waals surface area contributed by atoms with Crippen LogP contribution < -0.4 is 10.6 Å². The Morgan fingerprint density at radius 2 is 2.00 bits per heavy atom. The van der Waals surface area contributed by atoms with Crippen molar-refractivity contribution in [3.05, 3.63) is 35.9 Å². The summed E-state index contributed by atoms with van der Waals surface area (Å²) in [4.78, 5) is 4.70. The zero-order valence-corrected chi connectivity index (χ0v) is 16.3. The first-order valence-electron chi connectivity index (χ1n) is 9.69. The molecule has 1 heterocycles. The van der Waals surface area contributed by atoms with E-state index in [4.69, 9.17) is 9.73 Å². The van der Waals surface area contributed by atoms with Gasteiger partial charge < -0.3 is 15.4 Å². The molecule has 2 fully saturated rings. The SMILES string of the molecule is CCN=C(NC(C)C(C)c1ccccc1)NC1C2CCOC2C1(C)C. The molecule has 1 aromatic rings. The molecule has 1 aliphatic heterocycles. The van der Waals surface area contributed by atoms with Gasteiger partial charge >= 0.3 is 0 Å². The average molecular weight is 344 g/mol. The van der Waals surface area contributed by atoms with Crippen LogP contribution in [0.1, 0.15) is 52.5 Å². The molecule has 4 heteroatoms. The predicted molar refractivity (Wildman–Crippen MR) is 104 cm³/mol. The third-order valence-electron chi connectivity index (χ3n) is 6.15. The number of nitrogens with zero attached hydrogens (tertiary/aromatic N) is 1. The fraction of sp³-hybridized carbons (Fsp3) is 0.667. The van der Waals surface area contributed by atoms with Gasteiger partial charge in [-0.05, 0) is 25.8 Å². The summed E-state index contributed by atoms with van der Waals surface area (Å²) >= 11 is 0. The van der Waals surface area contributed by atoms with Gasteiger partial charge in [0, 0.05) is 42.5 Å². The summed E-state index contributed by atoms with van der Waals surface area (Å²) in [6.45, 7) is 12.9. The Morgan fingerprint density at radius 3 is 2.68 bits per heavy atom. The normalized spacial score (nSPS) is 30.1. The van der Waals surface area contributed by atoms with Gasteiger partial charge in [0.1, 0.15) is 0 Å². The molecule has 0 bridgehead atoms. The minimum absolute atomic E-state index is 0.158. The zero-order chi connectivity index (χ0) is 18.0. The van der Waals surface area contributed by atoms with Gasteiger partial charge in [-0.15, -0.1) is 0 Å². The van der Waals surface area contributed by atoms with E-state index in [1.165, 1.54) is 5.56 Å². The van der Waals surface area contributed by atoms with E-state index < -0.39 is 0 Å². The Labute approximate surface area is 152 Å². The summed E-state index contributed by atoms with van der Waals surface area (Å²) in [6.07, 6.45) is 1.55. The summed E-state index contributed by atoms with van der Waals surface area (Å²) in [7, 11) is 0. The van der Waals surface area contributed by atoms with Crippen LogP contribution in [0.15, 0.2) is 35.3 Å². The summed E-state index contributed by atoms with van der Waals surface area (Å²) < 4.78 is 5.92. The monoisotopic (exact) mass is 343 g/mol. The fourth-order valence-electron chi connectivity index (χ4n) is 4.44. The van der Waals surface area contributed by atoms with Crippen LogP contribution in [-0.2, 0) is 4.74 Å². The molecule has 0 spiro atoms. The molecular formula is C21H33N3O. The Balaban J connectivity index is 1.65. The van der Waals surface area contributed by atoms with Crippen LogP contribution >= 0.6 is 0 Å². The average Bonchev–Trinajstić information content (AvgIpc) is 3.07. The Bertz CT molecular complexity index is 598. The molecule has 0 aromatic heterocycles. The highest BCUT2D eigenvalue weighted by atomic mass is 16.5.